The lowest BCUT2D eigenvalue weighted by Gasteiger charge is -2.14. The van der Waals surface area contributed by atoms with Gasteiger partial charge in [-0.2, -0.15) is 5.26 Å². The van der Waals surface area contributed by atoms with Gasteiger partial charge in [0.1, 0.15) is 11.8 Å². The van der Waals surface area contributed by atoms with Crippen molar-refractivity contribution >= 4 is 5.91 Å². The molecule has 5 heteroatoms. The smallest absolute Gasteiger partial charge is 0.272 e. The Hall–Kier alpha value is -1.93. The van der Waals surface area contributed by atoms with Gasteiger partial charge in [0.15, 0.2) is 0 Å². The molecule has 1 saturated heterocycles. The van der Waals surface area contributed by atoms with Gasteiger partial charge in [-0.1, -0.05) is 0 Å². The summed E-state index contributed by atoms with van der Waals surface area (Å²) in [6, 6.07) is 5.04. The zero-order valence-corrected chi connectivity index (χ0v) is 8.63. The number of amides is 1. The molecule has 1 aromatic heterocycles. The van der Waals surface area contributed by atoms with Gasteiger partial charge >= 0.3 is 0 Å². The van der Waals surface area contributed by atoms with Gasteiger partial charge in [-0.25, -0.2) is 4.98 Å². The minimum absolute atomic E-state index is 0.193. The molecule has 0 bridgehead atoms. The number of aromatic nitrogens is 1. The quantitative estimate of drug-likeness (QED) is 0.726. The summed E-state index contributed by atoms with van der Waals surface area (Å²) in [7, 11) is 0. The maximum atomic E-state index is 11.9. The van der Waals surface area contributed by atoms with Crippen LogP contribution < -0.4 is 0 Å². The molecule has 0 aliphatic carbocycles. The molecule has 1 aliphatic heterocycles. The highest BCUT2D eigenvalue weighted by molar-refractivity contribution is 5.92. The van der Waals surface area contributed by atoms with E-state index in [1.165, 1.54) is 12.3 Å². The summed E-state index contributed by atoms with van der Waals surface area (Å²) in [6.07, 6.45) is 1.56. The molecule has 16 heavy (non-hydrogen) atoms. The Balaban J connectivity index is 2.12. The molecule has 1 N–H and O–H groups in total. The van der Waals surface area contributed by atoms with Gasteiger partial charge in [0.25, 0.3) is 5.91 Å². The predicted octanol–water partition coefficient (Wildman–Crippen LogP) is 0.160. The first kappa shape index (κ1) is 10.6. The fourth-order valence-corrected chi connectivity index (χ4v) is 1.67. The summed E-state index contributed by atoms with van der Waals surface area (Å²) in [4.78, 5) is 17.4. The van der Waals surface area contributed by atoms with Gasteiger partial charge in [0, 0.05) is 19.3 Å². The molecule has 0 radical (unpaired) electrons. The number of pyridine rings is 1. The molecule has 1 atom stereocenters. The SMILES string of the molecule is N#Cc1ccc(C(=O)N2CC[C@@H](O)C2)nc1. The molecule has 2 rings (SSSR count). The average molecular weight is 217 g/mol. The van der Waals surface area contributed by atoms with Crippen molar-refractivity contribution in [2.45, 2.75) is 12.5 Å². The fraction of sp³-hybridized carbons (Fsp3) is 0.364. The average Bonchev–Trinajstić information content (AvgIpc) is 2.75. The highest BCUT2D eigenvalue weighted by Crippen LogP contribution is 2.12. The molecular formula is C11H11N3O2. The van der Waals surface area contributed by atoms with E-state index in [1.54, 1.807) is 11.0 Å². The fourth-order valence-electron chi connectivity index (χ4n) is 1.67. The lowest BCUT2D eigenvalue weighted by atomic mass is 10.2. The van der Waals surface area contributed by atoms with Gasteiger partial charge in [-0.3, -0.25) is 4.79 Å². The summed E-state index contributed by atoms with van der Waals surface area (Å²) < 4.78 is 0. The van der Waals surface area contributed by atoms with E-state index in [0.29, 0.717) is 30.8 Å². The summed E-state index contributed by atoms with van der Waals surface area (Å²) >= 11 is 0. The summed E-state index contributed by atoms with van der Waals surface area (Å²) in [5.41, 5.74) is 0.742. The molecule has 0 spiro atoms. The van der Waals surface area contributed by atoms with Crippen LogP contribution in [0.5, 0.6) is 0 Å². The number of β-amino-alcohol motifs (C(OH)–C–C–N with tert-alkyl or cyclic N) is 1. The topological polar surface area (TPSA) is 77.2 Å². The number of hydrogen-bond donors (Lipinski definition) is 1. The van der Waals surface area contributed by atoms with Crippen LogP contribution in [-0.2, 0) is 0 Å². The molecule has 1 amide bonds. The van der Waals surface area contributed by atoms with Gasteiger partial charge in [-0.05, 0) is 18.6 Å². The minimum Gasteiger partial charge on any atom is -0.391 e. The third-order valence-electron chi connectivity index (χ3n) is 2.56. The zero-order chi connectivity index (χ0) is 11.5. The van der Waals surface area contributed by atoms with Crippen LogP contribution in [0.4, 0.5) is 0 Å². The van der Waals surface area contributed by atoms with Crippen LogP contribution in [0.25, 0.3) is 0 Å². The van der Waals surface area contributed by atoms with Crippen molar-refractivity contribution in [1.29, 1.82) is 5.26 Å². The third kappa shape index (κ3) is 2.02. The number of carbonyl (C=O) groups is 1. The van der Waals surface area contributed by atoms with Crippen LogP contribution in [0.1, 0.15) is 22.5 Å². The van der Waals surface area contributed by atoms with Gasteiger partial charge < -0.3 is 10.0 Å². The molecule has 5 nitrogen and oxygen atoms in total. The molecule has 0 saturated carbocycles. The molecule has 0 aromatic carbocycles. The zero-order valence-electron chi connectivity index (χ0n) is 8.63. The molecule has 1 fully saturated rings. The molecule has 1 aliphatic rings. The number of hydrogen-bond acceptors (Lipinski definition) is 4. The van der Waals surface area contributed by atoms with E-state index in [-0.39, 0.29) is 5.91 Å². The third-order valence-corrected chi connectivity index (χ3v) is 2.56. The molecule has 1 aromatic rings. The van der Waals surface area contributed by atoms with Gasteiger partial charge in [-0.15, -0.1) is 0 Å². The van der Waals surface area contributed by atoms with Crippen LogP contribution >= 0.6 is 0 Å². The van der Waals surface area contributed by atoms with Crippen LogP contribution in [0, 0.1) is 11.3 Å². The van der Waals surface area contributed by atoms with Crippen molar-refractivity contribution in [2.24, 2.45) is 0 Å². The Labute approximate surface area is 92.9 Å². The Bertz CT molecular complexity index is 436. The molecular weight excluding hydrogens is 206 g/mol. The number of nitriles is 1. The Morgan fingerprint density at radius 3 is 2.94 bits per heavy atom. The van der Waals surface area contributed by atoms with E-state index in [0.717, 1.165) is 0 Å². The number of carbonyl (C=O) groups excluding carboxylic acids is 1. The van der Waals surface area contributed by atoms with Crippen molar-refractivity contribution in [3.05, 3.63) is 29.6 Å². The monoisotopic (exact) mass is 217 g/mol. The van der Waals surface area contributed by atoms with E-state index < -0.39 is 6.10 Å². The van der Waals surface area contributed by atoms with Crippen LogP contribution in [0.3, 0.4) is 0 Å². The van der Waals surface area contributed by atoms with E-state index in [4.69, 9.17) is 5.26 Å². The number of aliphatic hydroxyl groups excluding tert-OH is 1. The van der Waals surface area contributed by atoms with Crippen molar-refractivity contribution in [3.63, 3.8) is 0 Å². The van der Waals surface area contributed by atoms with E-state index >= 15 is 0 Å². The lowest BCUT2D eigenvalue weighted by molar-refractivity contribution is 0.0759. The van der Waals surface area contributed by atoms with Crippen molar-refractivity contribution < 1.29 is 9.90 Å². The van der Waals surface area contributed by atoms with E-state index in [9.17, 15) is 9.90 Å². The number of rotatable bonds is 1. The largest absolute Gasteiger partial charge is 0.391 e. The Kier molecular flexibility index (Phi) is 2.84. The first-order valence-electron chi connectivity index (χ1n) is 5.04. The van der Waals surface area contributed by atoms with Gasteiger partial charge in [0.05, 0.1) is 11.7 Å². The predicted molar refractivity (Wildman–Crippen MR) is 55.5 cm³/mol. The second-order valence-corrected chi connectivity index (χ2v) is 3.74. The number of likely N-dealkylation sites (tertiary alicyclic amines) is 1. The summed E-state index contributed by atoms with van der Waals surface area (Å²) in [5.74, 6) is -0.193. The van der Waals surface area contributed by atoms with E-state index in [2.05, 4.69) is 4.98 Å². The van der Waals surface area contributed by atoms with Gasteiger partial charge in [0.2, 0.25) is 0 Å². The number of nitrogens with zero attached hydrogens (tertiary/aromatic N) is 3. The Morgan fingerprint density at radius 2 is 2.44 bits per heavy atom. The van der Waals surface area contributed by atoms with Crippen LogP contribution in [-0.4, -0.2) is 40.1 Å². The first-order valence-corrected chi connectivity index (χ1v) is 5.04. The first-order chi connectivity index (χ1) is 7.70. The second kappa shape index (κ2) is 4.29. The van der Waals surface area contributed by atoms with Crippen molar-refractivity contribution in [1.82, 2.24) is 9.88 Å². The van der Waals surface area contributed by atoms with Crippen molar-refractivity contribution in [3.8, 4) is 6.07 Å². The van der Waals surface area contributed by atoms with Crippen molar-refractivity contribution in [2.75, 3.05) is 13.1 Å². The standard InChI is InChI=1S/C11H11N3O2/c12-5-8-1-2-10(13-6-8)11(16)14-4-3-9(15)7-14/h1-2,6,9,15H,3-4,7H2/t9-/m1/s1. The molecule has 82 valence electrons. The van der Waals surface area contributed by atoms with Crippen LogP contribution in [0.2, 0.25) is 0 Å². The normalized spacial score (nSPS) is 19.5. The summed E-state index contributed by atoms with van der Waals surface area (Å²) in [6.45, 7) is 0.919. The lowest BCUT2D eigenvalue weighted by Crippen LogP contribution is -2.30. The van der Waals surface area contributed by atoms with E-state index in [1.807, 2.05) is 6.07 Å². The molecule has 0 unspecified atom stereocenters. The number of aliphatic hydroxyl groups is 1. The highest BCUT2D eigenvalue weighted by atomic mass is 16.3. The second-order valence-electron chi connectivity index (χ2n) is 3.74. The Morgan fingerprint density at radius 1 is 1.62 bits per heavy atom. The maximum Gasteiger partial charge on any atom is 0.272 e. The summed E-state index contributed by atoms with van der Waals surface area (Å²) in [5, 5.41) is 17.9. The highest BCUT2D eigenvalue weighted by Gasteiger charge is 2.25. The van der Waals surface area contributed by atoms with Crippen LogP contribution in [0.15, 0.2) is 18.3 Å². The molecule has 2 heterocycles. The maximum absolute atomic E-state index is 11.9. The minimum atomic E-state index is -0.428.